The lowest BCUT2D eigenvalue weighted by molar-refractivity contribution is -0.145. The predicted molar refractivity (Wildman–Crippen MR) is 101 cm³/mol. The largest absolute Gasteiger partial charge is 0.493 e. The summed E-state index contributed by atoms with van der Waals surface area (Å²) in [6, 6.07) is 5.20. The number of hydrogen-bond donors (Lipinski definition) is 0. The average molecular weight is 381 g/mol. The fourth-order valence-electron chi connectivity index (χ4n) is 2.16. The first kappa shape index (κ1) is 19.3. The van der Waals surface area contributed by atoms with Crippen LogP contribution in [0.3, 0.4) is 0 Å². The second kappa shape index (κ2) is 8.87. The van der Waals surface area contributed by atoms with Crippen molar-refractivity contribution in [2.75, 3.05) is 26.9 Å². The number of benzene rings is 1. The van der Waals surface area contributed by atoms with E-state index in [0.29, 0.717) is 33.9 Å². The third-order valence-corrected chi connectivity index (χ3v) is 4.70. The molecule has 2 rings (SSSR count). The van der Waals surface area contributed by atoms with Crippen molar-refractivity contribution in [1.29, 1.82) is 0 Å². The zero-order chi connectivity index (χ0) is 18.4. The summed E-state index contributed by atoms with van der Waals surface area (Å²) < 4.78 is 16.1. The third-order valence-electron chi connectivity index (χ3n) is 3.33. The first-order chi connectivity index (χ1) is 12.0. The van der Waals surface area contributed by atoms with E-state index >= 15 is 0 Å². The van der Waals surface area contributed by atoms with Crippen LogP contribution in [0.2, 0.25) is 0 Å². The Morgan fingerprint density at radius 3 is 2.68 bits per heavy atom. The molecule has 6 nitrogen and oxygen atoms in total. The van der Waals surface area contributed by atoms with Crippen LogP contribution in [0, 0.1) is 0 Å². The van der Waals surface area contributed by atoms with Gasteiger partial charge in [0.1, 0.15) is 4.32 Å². The van der Waals surface area contributed by atoms with Gasteiger partial charge in [-0.05, 0) is 37.6 Å². The van der Waals surface area contributed by atoms with Crippen molar-refractivity contribution < 1.29 is 23.8 Å². The van der Waals surface area contributed by atoms with E-state index in [2.05, 4.69) is 0 Å². The lowest BCUT2D eigenvalue weighted by atomic mass is 10.2. The number of nitrogens with zero attached hydrogens (tertiary/aromatic N) is 1. The predicted octanol–water partition coefficient (Wildman–Crippen LogP) is 2.86. The van der Waals surface area contributed by atoms with Gasteiger partial charge in [-0.2, -0.15) is 0 Å². The van der Waals surface area contributed by atoms with Gasteiger partial charge in [-0.15, -0.1) is 0 Å². The minimum atomic E-state index is -0.447. The van der Waals surface area contributed by atoms with Crippen LogP contribution in [-0.4, -0.2) is 48.0 Å². The molecular formula is C17H19NO5S2. The molecule has 1 heterocycles. The molecule has 1 fully saturated rings. The van der Waals surface area contributed by atoms with Crippen molar-refractivity contribution in [3.05, 3.63) is 28.7 Å². The fourth-order valence-corrected chi connectivity index (χ4v) is 3.54. The highest BCUT2D eigenvalue weighted by Crippen LogP contribution is 2.34. The number of carbonyl (C=O) groups is 2. The Morgan fingerprint density at radius 2 is 2.08 bits per heavy atom. The van der Waals surface area contributed by atoms with E-state index in [-0.39, 0.29) is 12.5 Å². The number of ether oxygens (including phenoxy) is 3. The first-order valence-electron chi connectivity index (χ1n) is 7.72. The number of likely N-dealkylation sites (N-methyl/N-ethyl adjacent to an activating group) is 1. The van der Waals surface area contributed by atoms with Gasteiger partial charge in [0.15, 0.2) is 18.1 Å². The highest BCUT2D eigenvalue weighted by atomic mass is 32.2. The smallest absolute Gasteiger partial charge is 0.344 e. The van der Waals surface area contributed by atoms with E-state index in [4.69, 9.17) is 26.4 Å². The van der Waals surface area contributed by atoms with E-state index in [1.165, 1.54) is 18.9 Å². The fraction of sp³-hybridized carbons (Fsp3) is 0.353. The van der Waals surface area contributed by atoms with Gasteiger partial charge in [0.2, 0.25) is 0 Å². The molecule has 1 aliphatic heterocycles. The number of hydrogen-bond acceptors (Lipinski definition) is 7. The van der Waals surface area contributed by atoms with Crippen LogP contribution in [0.4, 0.5) is 0 Å². The topological polar surface area (TPSA) is 65.1 Å². The van der Waals surface area contributed by atoms with Gasteiger partial charge >= 0.3 is 5.97 Å². The molecule has 0 aliphatic carbocycles. The maximum Gasteiger partial charge on any atom is 0.344 e. The van der Waals surface area contributed by atoms with Gasteiger partial charge in [-0.25, -0.2) is 4.79 Å². The standard InChI is InChI=1S/C17H19NO5S2/c1-4-18-16(20)14(25-17(18)24)9-11-6-7-12(13(8-11)21-3)23-10-15(19)22-5-2/h6-9H,4-5,10H2,1-3H3. The summed E-state index contributed by atoms with van der Waals surface area (Å²) >= 11 is 6.47. The molecule has 1 saturated heterocycles. The average Bonchev–Trinajstić information content (AvgIpc) is 2.86. The maximum atomic E-state index is 12.3. The highest BCUT2D eigenvalue weighted by Gasteiger charge is 2.30. The van der Waals surface area contributed by atoms with E-state index in [1.807, 2.05) is 6.92 Å². The second-order valence-corrected chi connectivity index (χ2v) is 6.61. The molecular weight excluding hydrogens is 362 g/mol. The van der Waals surface area contributed by atoms with Crippen molar-refractivity contribution in [2.45, 2.75) is 13.8 Å². The summed E-state index contributed by atoms with van der Waals surface area (Å²) in [4.78, 5) is 25.8. The van der Waals surface area contributed by atoms with E-state index in [1.54, 1.807) is 36.1 Å². The lowest BCUT2D eigenvalue weighted by Crippen LogP contribution is -2.27. The summed E-state index contributed by atoms with van der Waals surface area (Å²) in [7, 11) is 1.51. The molecule has 8 heteroatoms. The molecule has 0 saturated carbocycles. The molecule has 0 unspecified atom stereocenters. The SMILES string of the molecule is CCOC(=O)COc1ccc(C=C2SC(=S)N(CC)C2=O)cc1OC. The Kier molecular flexibility index (Phi) is 6.83. The quantitative estimate of drug-likeness (QED) is 0.409. The lowest BCUT2D eigenvalue weighted by Gasteiger charge is -2.11. The first-order valence-corrected chi connectivity index (χ1v) is 8.94. The van der Waals surface area contributed by atoms with Crippen molar-refractivity contribution >= 4 is 46.3 Å². The Morgan fingerprint density at radius 1 is 1.32 bits per heavy atom. The Labute approximate surface area is 156 Å². The van der Waals surface area contributed by atoms with Crippen molar-refractivity contribution in [1.82, 2.24) is 4.90 Å². The third kappa shape index (κ3) is 4.73. The van der Waals surface area contributed by atoms with Gasteiger partial charge in [0, 0.05) is 6.54 Å². The van der Waals surface area contributed by atoms with Crippen LogP contribution in [0.5, 0.6) is 11.5 Å². The zero-order valence-corrected chi connectivity index (χ0v) is 15.9. The van der Waals surface area contributed by atoms with Crippen LogP contribution in [0.15, 0.2) is 23.1 Å². The van der Waals surface area contributed by atoms with Gasteiger partial charge in [-0.1, -0.05) is 30.0 Å². The molecule has 0 radical (unpaired) electrons. The number of amides is 1. The van der Waals surface area contributed by atoms with Crippen LogP contribution in [-0.2, 0) is 14.3 Å². The maximum absolute atomic E-state index is 12.3. The summed E-state index contributed by atoms with van der Waals surface area (Å²) in [6.07, 6.45) is 1.76. The number of thiocarbonyl (C=S) groups is 1. The van der Waals surface area contributed by atoms with Crippen LogP contribution in [0.25, 0.3) is 6.08 Å². The summed E-state index contributed by atoms with van der Waals surface area (Å²) in [6.45, 7) is 4.26. The van der Waals surface area contributed by atoms with Crippen LogP contribution >= 0.6 is 24.0 Å². The molecule has 134 valence electrons. The van der Waals surface area contributed by atoms with Gasteiger partial charge in [-0.3, -0.25) is 9.69 Å². The Balaban J connectivity index is 2.16. The molecule has 0 spiro atoms. The second-order valence-electron chi connectivity index (χ2n) is 4.93. The number of thioether (sulfide) groups is 1. The van der Waals surface area contributed by atoms with Gasteiger partial charge in [0.25, 0.3) is 5.91 Å². The van der Waals surface area contributed by atoms with Crippen LogP contribution in [0.1, 0.15) is 19.4 Å². The summed E-state index contributed by atoms with van der Waals surface area (Å²) in [5, 5.41) is 0. The minimum Gasteiger partial charge on any atom is -0.493 e. The molecule has 1 amide bonds. The Bertz CT molecular complexity index is 717. The van der Waals surface area contributed by atoms with Crippen LogP contribution < -0.4 is 9.47 Å². The van der Waals surface area contributed by atoms with E-state index < -0.39 is 5.97 Å². The number of rotatable bonds is 7. The highest BCUT2D eigenvalue weighted by molar-refractivity contribution is 8.26. The normalized spacial score (nSPS) is 15.6. The molecule has 0 aromatic heterocycles. The Hall–Kier alpha value is -2.06. The molecule has 1 aromatic rings. The molecule has 1 aliphatic rings. The molecule has 0 N–H and O–H groups in total. The number of carbonyl (C=O) groups excluding carboxylic acids is 2. The molecule has 0 bridgehead atoms. The minimum absolute atomic E-state index is 0.0981. The van der Waals surface area contributed by atoms with Gasteiger partial charge < -0.3 is 14.2 Å². The summed E-state index contributed by atoms with van der Waals surface area (Å²) in [5.41, 5.74) is 0.775. The van der Waals surface area contributed by atoms with Crippen molar-refractivity contribution in [3.8, 4) is 11.5 Å². The van der Waals surface area contributed by atoms with Crippen molar-refractivity contribution in [2.24, 2.45) is 0 Å². The molecule has 1 aromatic carbocycles. The number of methoxy groups -OCH3 is 1. The van der Waals surface area contributed by atoms with Gasteiger partial charge in [0.05, 0.1) is 18.6 Å². The molecule has 25 heavy (non-hydrogen) atoms. The zero-order valence-electron chi connectivity index (χ0n) is 14.2. The monoisotopic (exact) mass is 381 g/mol. The van der Waals surface area contributed by atoms with E-state index in [0.717, 1.165) is 5.56 Å². The molecule has 0 atom stereocenters. The number of esters is 1. The van der Waals surface area contributed by atoms with Crippen molar-refractivity contribution in [3.63, 3.8) is 0 Å². The summed E-state index contributed by atoms with van der Waals surface area (Å²) in [5.74, 6) is 0.341. The van der Waals surface area contributed by atoms with E-state index in [9.17, 15) is 9.59 Å².